The number of aromatic nitrogens is 4. The number of hydrogen-bond donors (Lipinski definition) is 0. The van der Waals surface area contributed by atoms with Crippen molar-refractivity contribution in [2.75, 3.05) is 0 Å². The lowest BCUT2D eigenvalue weighted by atomic mass is 9.92. The molecule has 1 aliphatic carbocycles. The van der Waals surface area contributed by atoms with Gasteiger partial charge in [0, 0.05) is 16.6 Å². The van der Waals surface area contributed by atoms with Crippen molar-refractivity contribution in [3.05, 3.63) is 175 Å². The quantitative estimate of drug-likeness (QED) is 0.177. The number of pyridine rings is 1. The molecule has 0 atom stereocenters. The van der Waals surface area contributed by atoms with Crippen molar-refractivity contribution in [3.63, 3.8) is 0 Å². The third kappa shape index (κ3) is 4.69. The highest BCUT2D eigenvalue weighted by atomic mass is 15.1. The molecule has 0 saturated heterocycles. The Labute approximate surface area is 302 Å². The Morgan fingerprint density at radius 3 is 2.04 bits per heavy atom. The molecule has 3 heterocycles. The van der Waals surface area contributed by atoms with Crippen LogP contribution in [0.25, 0.3) is 95.8 Å². The second kappa shape index (κ2) is 11.9. The van der Waals surface area contributed by atoms with E-state index in [-0.39, 0.29) is 0 Å². The van der Waals surface area contributed by atoms with Crippen molar-refractivity contribution in [2.45, 2.75) is 12.8 Å². The van der Waals surface area contributed by atoms with Crippen LogP contribution in [0.15, 0.2) is 153 Å². The number of hydrogen-bond acceptors (Lipinski definition) is 2. The number of fused-ring (bicyclic) bond motifs is 9. The van der Waals surface area contributed by atoms with E-state index in [1.54, 1.807) is 6.08 Å². The second-order valence-corrected chi connectivity index (χ2v) is 13.5. The maximum Gasteiger partial charge on any atom is 0.146 e. The lowest BCUT2D eigenvalue weighted by molar-refractivity contribution is 0.969. The fraction of sp³-hybridized carbons (Fsp3) is 0.0417. The largest absolute Gasteiger partial charge is 0.292 e. The lowest BCUT2D eigenvalue weighted by Gasteiger charge is -2.18. The smallest absolute Gasteiger partial charge is 0.146 e. The molecule has 0 bridgehead atoms. The number of imidazole rings is 2. The van der Waals surface area contributed by atoms with Crippen molar-refractivity contribution in [1.29, 1.82) is 0 Å². The van der Waals surface area contributed by atoms with E-state index in [4.69, 9.17) is 9.97 Å². The van der Waals surface area contributed by atoms with Crippen LogP contribution in [0, 0.1) is 0 Å². The van der Waals surface area contributed by atoms with Crippen LogP contribution >= 0.6 is 0 Å². The van der Waals surface area contributed by atoms with Crippen LogP contribution in [0.5, 0.6) is 0 Å². The summed E-state index contributed by atoms with van der Waals surface area (Å²) in [7, 11) is 0. The van der Waals surface area contributed by atoms with Gasteiger partial charge in [0.1, 0.15) is 11.5 Å². The number of allylic oxidation sites excluding steroid dienone is 1. The van der Waals surface area contributed by atoms with E-state index in [1.165, 1.54) is 49.5 Å². The van der Waals surface area contributed by atoms with Crippen LogP contribution in [0.1, 0.15) is 29.1 Å². The van der Waals surface area contributed by atoms with Crippen LogP contribution in [-0.2, 0) is 6.42 Å². The van der Waals surface area contributed by atoms with Gasteiger partial charge in [0.2, 0.25) is 0 Å². The first kappa shape index (κ1) is 30.1. The van der Waals surface area contributed by atoms with Gasteiger partial charge in [-0.15, -0.1) is 0 Å². The molecule has 9 aromatic rings. The predicted molar refractivity (Wildman–Crippen MR) is 219 cm³/mol. The molecule has 0 aliphatic heterocycles. The van der Waals surface area contributed by atoms with Crippen LogP contribution in [0.4, 0.5) is 0 Å². The molecule has 0 radical (unpaired) electrons. The molecule has 0 spiro atoms. The SMILES string of the molecule is C=Cc1nc(-c2ccc(-c3ccc4cc(-c5ccc6c7c(n8c9ccccc9nc8c6c5)C=CCC7)ccc4c3)cc2)n(-c2ccccc2)c1C=C. The molecule has 0 amide bonds. The highest BCUT2D eigenvalue weighted by molar-refractivity contribution is 6.04. The average molecular weight is 667 g/mol. The molecule has 0 N–H and O–H groups in total. The van der Waals surface area contributed by atoms with E-state index in [2.05, 4.69) is 150 Å². The molecule has 1 aliphatic rings. The number of benzene rings is 6. The van der Waals surface area contributed by atoms with Crippen molar-refractivity contribution in [2.24, 2.45) is 0 Å². The monoisotopic (exact) mass is 666 g/mol. The van der Waals surface area contributed by atoms with Crippen molar-refractivity contribution in [3.8, 4) is 39.3 Å². The van der Waals surface area contributed by atoms with Gasteiger partial charge >= 0.3 is 0 Å². The van der Waals surface area contributed by atoms with Gasteiger partial charge in [0.25, 0.3) is 0 Å². The summed E-state index contributed by atoms with van der Waals surface area (Å²) in [6, 6.07) is 47.9. The number of para-hydroxylation sites is 3. The minimum absolute atomic E-state index is 0.815. The standard InChI is InChI=1S/C48H34N4/c1-3-42-44(4-2)51(38-12-6-5-7-13-38)47(49-42)32-20-18-31(19-21-32)33-22-23-35-29-36(25-24-34(35)28-33)37-26-27-39-40-14-8-10-16-45(40)52-46-17-11-9-15-43(46)50-48(52)41(39)30-37/h3-7,9-13,15-30H,1-2,8,14H2. The summed E-state index contributed by atoms with van der Waals surface area (Å²) < 4.78 is 4.50. The van der Waals surface area contributed by atoms with E-state index in [0.29, 0.717) is 0 Å². The Balaban J connectivity index is 1.01. The number of rotatable bonds is 6. The Bertz CT molecular complexity index is 2920. The first-order valence-corrected chi connectivity index (χ1v) is 17.8. The molecule has 0 fully saturated rings. The highest BCUT2D eigenvalue weighted by Crippen LogP contribution is 2.37. The van der Waals surface area contributed by atoms with Crippen molar-refractivity contribution in [1.82, 2.24) is 18.9 Å². The molecule has 4 heteroatoms. The Hall–Kier alpha value is -6.78. The van der Waals surface area contributed by atoms with Gasteiger partial charge in [-0.25, -0.2) is 9.97 Å². The molecule has 0 saturated carbocycles. The zero-order valence-corrected chi connectivity index (χ0v) is 28.6. The van der Waals surface area contributed by atoms with Crippen LogP contribution in [0.2, 0.25) is 0 Å². The third-order valence-corrected chi connectivity index (χ3v) is 10.5. The summed E-state index contributed by atoms with van der Waals surface area (Å²) in [6.07, 6.45) is 10.3. The van der Waals surface area contributed by atoms with Crippen LogP contribution in [0.3, 0.4) is 0 Å². The van der Waals surface area contributed by atoms with Crippen LogP contribution in [-0.4, -0.2) is 18.9 Å². The maximum atomic E-state index is 5.14. The molecule has 10 rings (SSSR count). The summed E-state index contributed by atoms with van der Waals surface area (Å²) in [5, 5.41) is 4.92. The van der Waals surface area contributed by atoms with E-state index < -0.39 is 0 Å². The minimum Gasteiger partial charge on any atom is -0.292 e. The van der Waals surface area contributed by atoms with Gasteiger partial charge in [-0.1, -0.05) is 110 Å². The van der Waals surface area contributed by atoms with Crippen LogP contribution < -0.4 is 0 Å². The average Bonchev–Trinajstić information content (AvgIpc) is 3.80. The summed E-state index contributed by atoms with van der Waals surface area (Å²) in [4.78, 5) is 10.1. The van der Waals surface area contributed by atoms with Gasteiger partial charge in [0.15, 0.2) is 0 Å². The number of aryl methyl sites for hydroxylation is 1. The molecule has 0 unspecified atom stereocenters. The molecular weight excluding hydrogens is 633 g/mol. The summed E-state index contributed by atoms with van der Waals surface area (Å²) in [6.45, 7) is 8.06. The van der Waals surface area contributed by atoms with E-state index in [9.17, 15) is 0 Å². The third-order valence-electron chi connectivity index (χ3n) is 10.5. The van der Waals surface area contributed by atoms with Gasteiger partial charge in [-0.2, -0.15) is 0 Å². The molecule has 4 nitrogen and oxygen atoms in total. The number of nitrogens with zero attached hydrogens (tertiary/aromatic N) is 4. The Morgan fingerprint density at radius 2 is 1.27 bits per heavy atom. The molecule has 52 heavy (non-hydrogen) atoms. The van der Waals surface area contributed by atoms with Crippen molar-refractivity contribution < 1.29 is 0 Å². The second-order valence-electron chi connectivity index (χ2n) is 13.5. The topological polar surface area (TPSA) is 35.1 Å². The van der Waals surface area contributed by atoms with Crippen molar-refractivity contribution >= 4 is 56.5 Å². The van der Waals surface area contributed by atoms with Gasteiger partial charge in [-0.05, 0) is 118 Å². The zero-order chi connectivity index (χ0) is 34.8. The van der Waals surface area contributed by atoms with E-state index >= 15 is 0 Å². The van der Waals surface area contributed by atoms with Gasteiger partial charge in [0.05, 0.1) is 28.1 Å². The van der Waals surface area contributed by atoms with E-state index in [1.807, 2.05) is 24.3 Å². The molecule has 6 aromatic carbocycles. The maximum absolute atomic E-state index is 5.14. The fourth-order valence-electron chi connectivity index (χ4n) is 8.00. The molecule has 246 valence electrons. The summed E-state index contributed by atoms with van der Waals surface area (Å²) in [5.74, 6) is 0.862. The van der Waals surface area contributed by atoms with E-state index in [0.717, 1.165) is 63.5 Å². The highest BCUT2D eigenvalue weighted by Gasteiger charge is 2.20. The molecule has 3 aromatic heterocycles. The first-order valence-electron chi connectivity index (χ1n) is 17.8. The van der Waals surface area contributed by atoms with Gasteiger partial charge < -0.3 is 0 Å². The fourth-order valence-corrected chi connectivity index (χ4v) is 8.00. The Morgan fingerprint density at radius 1 is 0.596 bits per heavy atom. The Kier molecular flexibility index (Phi) is 6.90. The summed E-state index contributed by atoms with van der Waals surface area (Å²) in [5.41, 5.74) is 14.4. The van der Waals surface area contributed by atoms with Gasteiger partial charge in [-0.3, -0.25) is 8.97 Å². The zero-order valence-electron chi connectivity index (χ0n) is 28.6. The summed E-state index contributed by atoms with van der Waals surface area (Å²) >= 11 is 0. The predicted octanol–water partition coefficient (Wildman–Crippen LogP) is 12.2. The first-order chi connectivity index (χ1) is 25.7. The minimum atomic E-state index is 0.815. The lowest BCUT2D eigenvalue weighted by Crippen LogP contribution is -2.03. The molecular formula is C48H34N4. The normalized spacial score (nSPS) is 12.5.